The van der Waals surface area contributed by atoms with Gasteiger partial charge in [-0.25, -0.2) is 4.79 Å². The van der Waals surface area contributed by atoms with E-state index in [2.05, 4.69) is 5.32 Å². The summed E-state index contributed by atoms with van der Waals surface area (Å²) in [5.74, 6) is -0.368. The molecule has 2 unspecified atom stereocenters. The molecular weight excluding hydrogens is 318 g/mol. The molecule has 0 aliphatic rings. The minimum absolute atomic E-state index is 0.0856. The largest absolute Gasteiger partial charge is 0.480 e. The van der Waals surface area contributed by atoms with E-state index in [0.29, 0.717) is 12.2 Å². The summed E-state index contributed by atoms with van der Waals surface area (Å²) in [5, 5.41) is 11.7. The number of rotatable bonds is 8. The van der Waals surface area contributed by atoms with Gasteiger partial charge in [0.25, 0.3) is 0 Å². The van der Waals surface area contributed by atoms with Gasteiger partial charge in [0.1, 0.15) is 6.04 Å². The number of halogens is 1. The molecule has 1 aromatic heterocycles. The zero-order valence-corrected chi connectivity index (χ0v) is 13.8. The molecule has 0 radical (unpaired) electrons. The molecule has 0 bridgehead atoms. The number of amides is 1. The fraction of sp³-hybridized carbons (Fsp3) is 0.538. The first kappa shape index (κ1) is 17.3. The number of carboxylic acid groups (broad SMARTS) is 1. The van der Waals surface area contributed by atoms with Crippen molar-refractivity contribution in [1.29, 1.82) is 0 Å². The fourth-order valence-corrected chi connectivity index (χ4v) is 3.61. The van der Waals surface area contributed by atoms with Gasteiger partial charge in [-0.2, -0.15) is 0 Å². The third-order valence-corrected chi connectivity index (χ3v) is 5.30. The second-order valence-corrected chi connectivity index (χ2v) is 7.25. The lowest BCUT2D eigenvalue weighted by Gasteiger charge is -2.19. The molecule has 20 heavy (non-hydrogen) atoms. The molecule has 0 spiro atoms. The summed E-state index contributed by atoms with van der Waals surface area (Å²) in [4.78, 5) is 24.0. The van der Waals surface area contributed by atoms with E-state index < -0.39 is 12.0 Å². The van der Waals surface area contributed by atoms with Crippen LogP contribution in [0.15, 0.2) is 12.1 Å². The summed E-state index contributed by atoms with van der Waals surface area (Å²) in [6, 6.07) is 2.94. The van der Waals surface area contributed by atoms with Gasteiger partial charge < -0.3 is 10.4 Å². The molecule has 4 nitrogen and oxygen atoms in total. The van der Waals surface area contributed by atoms with Crippen molar-refractivity contribution in [2.45, 2.75) is 32.1 Å². The lowest BCUT2D eigenvalue weighted by Crippen LogP contribution is -2.45. The Hall–Kier alpha value is -0.720. The Morgan fingerprint density at radius 1 is 1.50 bits per heavy atom. The van der Waals surface area contributed by atoms with Crippen LogP contribution >= 0.6 is 34.7 Å². The van der Waals surface area contributed by atoms with Gasteiger partial charge in [-0.15, -0.1) is 23.1 Å². The third-order valence-electron chi connectivity index (χ3n) is 2.90. The Morgan fingerprint density at radius 3 is 2.70 bits per heavy atom. The van der Waals surface area contributed by atoms with Crippen LogP contribution in [0.3, 0.4) is 0 Å². The molecule has 0 aromatic carbocycles. The molecule has 1 heterocycles. The molecule has 2 atom stereocenters. The smallest absolute Gasteiger partial charge is 0.326 e. The molecule has 1 rings (SSSR count). The average Bonchev–Trinajstić information content (AvgIpc) is 2.80. The molecule has 0 saturated carbocycles. The maximum Gasteiger partial charge on any atom is 0.326 e. The number of thioether (sulfide) groups is 1. The van der Waals surface area contributed by atoms with E-state index in [0.717, 1.165) is 9.21 Å². The van der Waals surface area contributed by atoms with E-state index >= 15 is 0 Å². The fourth-order valence-electron chi connectivity index (χ4n) is 1.57. The Morgan fingerprint density at radius 2 is 2.20 bits per heavy atom. The van der Waals surface area contributed by atoms with E-state index in [4.69, 9.17) is 16.7 Å². The van der Waals surface area contributed by atoms with Crippen LogP contribution in [-0.4, -0.2) is 28.8 Å². The lowest BCUT2D eigenvalue weighted by molar-refractivity contribution is -0.143. The van der Waals surface area contributed by atoms with Crippen LogP contribution in [-0.2, 0) is 15.3 Å². The highest BCUT2D eigenvalue weighted by Gasteiger charge is 2.24. The molecule has 0 aliphatic carbocycles. The van der Waals surface area contributed by atoms with Gasteiger partial charge in [0, 0.05) is 10.6 Å². The van der Waals surface area contributed by atoms with E-state index in [-0.39, 0.29) is 17.6 Å². The van der Waals surface area contributed by atoms with E-state index in [1.54, 1.807) is 0 Å². The first-order valence-electron chi connectivity index (χ1n) is 6.28. The molecule has 1 aromatic rings. The molecule has 0 aliphatic heterocycles. The standard InChI is InChI=1S/C13H18ClNO3S2/c1-3-8(2)12(13(17)18)15-11(16)7-19-6-9-4-5-10(14)20-9/h4-5,8,12H,3,6-7H2,1-2H3,(H,15,16)(H,17,18). The zero-order chi connectivity index (χ0) is 15.1. The second kappa shape index (κ2) is 8.54. The van der Waals surface area contributed by atoms with Crippen molar-refractivity contribution in [2.75, 3.05) is 5.75 Å². The van der Waals surface area contributed by atoms with Gasteiger partial charge in [0.15, 0.2) is 0 Å². The number of hydrogen-bond acceptors (Lipinski definition) is 4. The number of carbonyl (C=O) groups is 2. The molecule has 1 amide bonds. The summed E-state index contributed by atoms with van der Waals surface area (Å²) in [6.45, 7) is 3.72. The molecule has 0 saturated heterocycles. The molecule has 7 heteroatoms. The number of aliphatic carboxylic acids is 1. The van der Waals surface area contributed by atoms with E-state index in [1.807, 2.05) is 26.0 Å². The zero-order valence-electron chi connectivity index (χ0n) is 11.4. The molecule has 0 fully saturated rings. The summed E-state index contributed by atoms with van der Waals surface area (Å²) in [5.41, 5.74) is 0. The number of carbonyl (C=O) groups excluding carboxylic acids is 1. The van der Waals surface area contributed by atoms with Gasteiger partial charge in [0.2, 0.25) is 5.91 Å². The molecule has 2 N–H and O–H groups in total. The van der Waals surface area contributed by atoms with Crippen LogP contribution < -0.4 is 5.32 Å². The van der Waals surface area contributed by atoms with Gasteiger partial charge in [-0.3, -0.25) is 4.79 Å². The van der Waals surface area contributed by atoms with Crippen molar-refractivity contribution in [3.8, 4) is 0 Å². The van der Waals surface area contributed by atoms with Crippen molar-refractivity contribution in [1.82, 2.24) is 5.32 Å². The maximum absolute atomic E-state index is 11.8. The predicted octanol–water partition coefficient (Wildman–Crippen LogP) is 3.25. The van der Waals surface area contributed by atoms with Gasteiger partial charge >= 0.3 is 5.97 Å². The topological polar surface area (TPSA) is 66.4 Å². The first-order valence-corrected chi connectivity index (χ1v) is 8.63. The first-order chi connectivity index (χ1) is 9.43. The summed E-state index contributed by atoms with van der Waals surface area (Å²) < 4.78 is 0.729. The predicted molar refractivity (Wildman–Crippen MR) is 84.5 cm³/mol. The van der Waals surface area contributed by atoms with Crippen molar-refractivity contribution in [3.05, 3.63) is 21.3 Å². The Labute approximate surface area is 131 Å². The van der Waals surface area contributed by atoms with Gasteiger partial charge in [-0.1, -0.05) is 31.9 Å². The Bertz CT molecular complexity index is 464. The van der Waals surface area contributed by atoms with Crippen LogP contribution in [0.5, 0.6) is 0 Å². The quantitative estimate of drug-likeness (QED) is 0.765. The van der Waals surface area contributed by atoms with Crippen LogP contribution in [0.4, 0.5) is 0 Å². The highest BCUT2D eigenvalue weighted by molar-refractivity contribution is 7.99. The highest BCUT2D eigenvalue weighted by Crippen LogP contribution is 2.25. The normalized spacial score (nSPS) is 13.8. The summed E-state index contributed by atoms with van der Waals surface area (Å²) >= 11 is 8.75. The van der Waals surface area contributed by atoms with E-state index in [1.165, 1.54) is 23.1 Å². The summed E-state index contributed by atoms with van der Waals surface area (Å²) in [7, 11) is 0. The van der Waals surface area contributed by atoms with Crippen molar-refractivity contribution in [2.24, 2.45) is 5.92 Å². The lowest BCUT2D eigenvalue weighted by atomic mass is 9.99. The Kier molecular flexibility index (Phi) is 7.40. The molecular formula is C13H18ClNO3S2. The van der Waals surface area contributed by atoms with Crippen LogP contribution in [0.25, 0.3) is 0 Å². The number of nitrogens with one attached hydrogen (secondary N) is 1. The molecule has 112 valence electrons. The monoisotopic (exact) mass is 335 g/mol. The van der Waals surface area contributed by atoms with Crippen LogP contribution in [0, 0.1) is 5.92 Å². The minimum atomic E-state index is -0.984. The van der Waals surface area contributed by atoms with Crippen LogP contribution in [0.1, 0.15) is 25.1 Å². The average molecular weight is 336 g/mol. The van der Waals surface area contributed by atoms with Gasteiger partial charge in [-0.05, 0) is 18.1 Å². The van der Waals surface area contributed by atoms with Crippen molar-refractivity contribution >= 4 is 46.6 Å². The number of carboxylic acids is 1. The van der Waals surface area contributed by atoms with Crippen molar-refractivity contribution < 1.29 is 14.7 Å². The van der Waals surface area contributed by atoms with E-state index in [9.17, 15) is 9.59 Å². The maximum atomic E-state index is 11.8. The van der Waals surface area contributed by atoms with Crippen LogP contribution in [0.2, 0.25) is 4.34 Å². The second-order valence-electron chi connectivity index (χ2n) is 4.47. The number of hydrogen-bond donors (Lipinski definition) is 2. The highest BCUT2D eigenvalue weighted by atomic mass is 35.5. The Balaban J connectivity index is 2.36. The SMILES string of the molecule is CCC(C)C(NC(=O)CSCc1ccc(Cl)s1)C(=O)O. The van der Waals surface area contributed by atoms with Crippen molar-refractivity contribution in [3.63, 3.8) is 0 Å². The summed E-state index contributed by atoms with van der Waals surface area (Å²) in [6.07, 6.45) is 0.706. The van der Waals surface area contributed by atoms with Gasteiger partial charge in [0.05, 0.1) is 10.1 Å². The minimum Gasteiger partial charge on any atom is -0.480 e. The number of thiophene rings is 1. The third kappa shape index (κ3) is 5.73.